The quantitative estimate of drug-likeness (QED) is 0.902. The molecule has 126 valence electrons. The predicted octanol–water partition coefficient (Wildman–Crippen LogP) is 1.57. The maximum Gasteiger partial charge on any atom is 0.433 e. The van der Waals surface area contributed by atoms with Crippen LogP contribution in [0.1, 0.15) is 30.0 Å². The van der Waals surface area contributed by atoms with Crippen molar-refractivity contribution in [1.82, 2.24) is 14.6 Å². The number of aromatic nitrogens is 1. The summed E-state index contributed by atoms with van der Waals surface area (Å²) in [6.07, 6.45) is -2.24. The summed E-state index contributed by atoms with van der Waals surface area (Å²) in [5, 5.41) is 3.12. The minimum Gasteiger partial charge on any atom is -0.315 e. The van der Waals surface area contributed by atoms with Gasteiger partial charge in [-0.1, -0.05) is 0 Å². The molecule has 3 aliphatic rings. The summed E-state index contributed by atoms with van der Waals surface area (Å²) in [6.45, 7) is 2.43. The molecule has 23 heavy (non-hydrogen) atoms. The van der Waals surface area contributed by atoms with Crippen LogP contribution in [0, 0.1) is 5.41 Å². The van der Waals surface area contributed by atoms with Gasteiger partial charge in [0.1, 0.15) is 10.6 Å². The van der Waals surface area contributed by atoms with E-state index >= 15 is 0 Å². The molecule has 1 aliphatic carbocycles. The third kappa shape index (κ3) is 2.45. The van der Waals surface area contributed by atoms with Gasteiger partial charge in [0.2, 0.25) is 10.0 Å². The highest BCUT2D eigenvalue weighted by molar-refractivity contribution is 7.89. The van der Waals surface area contributed by atoms with E-state index in [9.17, 15) is 21.6 Å². The van der Waals surface area contributed by atoms with Crippen LogP contribution in [-0.4, -0.2) is 43.9 Å². The molecule has 2 aliphatic heterocycles. The third-order valence-corrected chi connectivity index (χ3v) is 6.68. The summed E-state index contributed by atoms with van der Waals surface area (Å²) in [4.78, 5) is 3.30. The lowest BCUT2D eigenvalue weighted by Gasteiger charge is -2.55. The lowest BCUT2D eigenvalue weighted by atomic mass is 9.76. The van der Waals surface area contributed by atoms with Crippen molar-refractivity contribution in [1.29, 1.82) is 0 Å². The molecular weight excluding hydrogens is 331 g/mol. The first-order valence-electron chi connectivity index (χ1n) is 7.49. The molecular formula is C14H16F3N3O2S. The van der Waals surface area contributed by atoms with E-state index in [0.29, 0.717) is 13.1 Å². The van der Waals surface area contributed by atoms with Crippen molar-refractivity contribution < 1.29 is 21.6 Å². The van der Waals surface area contributed by atoms with E-state index in [2.05, 4.69) is 10.3 Å². The Hall–Kier alpha value is -1.19. The Kier molecular flexibility index (Phi) is 3.12. The van der Waals surface area contributed by atoms with Crippen molar-refractivity contribution >= 4 is 10.0 Å². The van der Waals surface area contributed by atoms with Crippen molar-refractivity contribution in [3.05, 3.63) is 23.5 Å². The second-order valence-electron chi connectivity index (χ2n) is 6.76. The van der Waals surface area contributed by atoms with Gasteiger partial charge in [0.05, 0.1) is 0 Å². The zero-order valence-corrected chi connectivity index (χ0v) is 13.0. The molecule has 0 unspecified atom stereocenters. The average Bonchev–Trinajstić information content (AvgIpc) is 3.17. The fraction of sp³-hybridized carbons (Fsp3) is 0.643. The highest BCUT2D eigenvalue weighted by Crippen LogP contribution is 2.46. The Bertz CT molecular complexity index is 747. The van der Waals surface area contributed by atoms with Gasteiger partial charge >= 0.3 is 6.18 Å². The summed E-state index contributed by atoms with van der Waals surface area (Å²) < 4.78 is 65.4. The molecule has 3 fully saturated rings. The molecule has 3 heterocycles. The molecule has 1 aromatic heterocycles. The second-order valence-corrected chi connectivity index (χ2v) is 8.66. The van der Waals surface area contributed by atoms with Crippen molar-refractivity contribution in [2.24, 2.45) is 5.41 Å². The molecule has 1 N–H and O–H groups in total. The lowest BCUT2D eigenvalue weighted by molar-refractivity contribution is -0.141. The normalized spacial score (nSPS) is 24.3. The van der Waals surface area contributed by atoms with E-state index in [0.717, 1.165) is 38.2 Å². The van der Waals surface area contributed by atoms with E-state index in [1.807, 2.05) is 0 Å². The van der Waals surface area contributed by atoms with Crippen molar-refractivity contribution in [3.8, 4) is 0 Å². The molecule has 1 aromatic rings. The molecule has 0 amide bonds. The topological polar surface area (TPSA) is 62.3 Å². The summed E-state index contributed by atoms with van der Waals surface area (Å²) in [5.74, 6) is -0.107. The first kappa shape index (κ1) is 15.3. The first-order valence-corrected chi connectivity index (χ1v) is 8.93. The first-order chi connectivity index (χ1) is 10.7. The SMILES string of the molecule is O=S(=O)(c1cnc(C(F)(F)F)cc1C1CC1)N1CC2(CNC2)C1. The third-order valence-electron chi connectivity index (χ3n) is 4.85. The lowest BCUT2D eigenvalue weighted by Crippen LogP contribution is -2.71. The number of nitrogens with zero attached hydrogens (tertiary/aromatic N) is 2. The van der Waals surface area contributed by atoms with E-state index in [-0.39, 0.29) is 21.8 Å². The number of halogens is 3. The van der Waals surface area contributed by atoms with E-state index in [1.54, 1.807) is 0 Å². The van der Waals surface area contributed by atoms with Gasteiger partial charge in [0, 0.05) is 37.8 Å². The number of alkyl halides is 3. The molecule has 9 heteroatoms. The van der Waals surface area contributed by atoms with Gasteiger partial charge in [-0.3, -0.25) is 4.98 Å². The Balaban J connectivity index is 1.68. The minimum atomic E-state index is -4.57. The molecule has 0 radical (unpaired) electrons. The fourth-order valence-electron chi connectivity index (χ4n) is 3.26. The van der Waals surface area contributed by atoms with E-state index in [4.69, 9.17) is 0 Å². The van der Waals surface area contributed by atoms with Crippen LogP contribution >= 0.6 is 0 Å². The number of pyridine rings is 1. The predicted molar refractivity (Wildman–Crippen MR) is 75.3 cm³/mol. The maximum absolute atomic E-state index is 12.8. The number of rotatable bonds is 3. The highest BCUT2D eigenvalue weighted by atomic mass is 32.2. The maximum atomic E-state index is 12.8. The number of sulfonamides is 1. The smallest absolute Gasteiger partial charge is 0.315 e. The number of hydrogen-bond acceptors (Lipinski definition) is 4. The van der Waals surface area contributed by atoms with Crippen molar-refractivity contribution in [3.63, 3.8) is 0 Å². The number of hydrogen-bond donors (Lipinski definition) is 1. The van der Waals surface area contributed by atoms with Crippen LogP contribution in [0.2, 0.25) is 0 Å². The van der Waals surface area contributed by atoms with Crippen LogP contribution in [-0.2, 0) is 16.2 Å². The van der Waals surface area contributed by atoms with Crippen molar-refractivity contribution in [2.45, 2.75) is 29.8 Å². The Morgan fingerprint density at radius 2 is 1.91 bits per heavy atom. The van der Waals surface area contributed by atoms with Crippen LogP contribution in [0.5, 0.6) is 0 Å². The molecule has 0 bridgehead atoms. The van der Waals surface area contributed by atoms with Crippen LogP contribution in [0.25, 0.3) is 0 Å². The fourth-order valence-corrected chi connectivity index (χ4v) is 5.13. The second kappa shape index (κ2) is 4.67. The van der Waals surface area contributed by atoms with Gasteiger partial charge in [0.15, 0.2) is 0 Å². The van der Waals surface area contributed by atoms with Gasteiger partial charge in [-0.05, 0) is 30.4 Å². The average molecular weight is 347 g/mol. The molecule has 1 saturated carbocycles. The molecule has 1 spiro atoms. The van der Waals surface area contributed by atoms with Crippen LogP contribution in [0.15, 0.2) is 17.2 Å². The molecule has 5 nitrogen and oxygen atoms in total. The van der Waals surface area contributed by atoms with Crippen LogP contribution < -0.4 is 5.32 Å². The summed E-state index contributed by atoms with van der Waals surface area (Å²) in [7, 11) is -3.77. The summed E-state index contributed by atoms with van der Waals surface area (Å²) >= 11 is 0. The van der Waals surface area contributed by atoms with Gasteiger partial charge in [-0.25, -0.2) is 8.42 Å². The number of nitrogens with one attached hydrogen (secondary N) is 1. The minimum absolute atomic E-state index is 0.0200. The molecule has 0 atom stereocenters. The van der Waals surface area contributed by atoms with E-state index in [1.165, 1.54) is 4.31 Å². The highest BCUT2D eigenvalue weighted by Gasteiger charge is 2.52. The zero-order valence-electron chi connectivity index (χ0n) is 12.2. The zero-order chi connectivity index (χ0) is 16.5. The van der Waals surface area contributed by atoms with Gasteiger partial charge in [-0.2, -0.15) is 17.5 Å². The van der Waals surface area contributed by atoms with Gasteiger partial charge < -0.3 is 5.32 Å². The molecule has 2 saturated heterocycles. The Labute approximate surface area is 131 Å². The standard InChI is InChI=1S/C14H16F3N3O2S/c15-14(16,17)12-3-10(9-1-2-9)11(4-19-12)23(21,22)20-7-13(8-20)5-18-6-13/h3-4,9,18H,1-2,5-8H2. The van der Waals surface area contributed by atoms with Gasteiger partial charge in [-0.15, -0.1) is 0 Å². The Morgan fingerprint density at radius 1 is 1.26 bits per heavy atom. The largest absolute Gasteiger partial charge is 0.433 e. The monoisotopic (exact) mass is 347 g/mol. The summed E-state index contributed by atoms with van der Waals surface area (Å²) in [6, 6.07) is 0.908. The molecule has 4 rings (SSSR count). The van der Waals surface area contributed by atoms with Gasteiger partial charge in [0.25, 0.3) is 0 Å². The Morgan fingerprint density at radius 3 is 2.39 bits per heavy atom. The van der Waals surface area contributed by atoms with Crippen LogP contribution in [0.4, 0.5) is 13.2 Å². The van der Waals surface area contributed by atoms with Crippen molar-refractivity contribution in [2.75, 3.05) is 26.2 Å². The van der Waals surface area contributed by atoms with E-state index < -0.39 is 21.9 Å². The van der Waals surface area contributed by atoms with Crippen LogP contribution in [0.3, 0.4) is 0 Å². The summed E-state index contributed by atoms with van der Waals surface area (Å²) in [5.41, 5.74) is -0.742. The molecule has 0 aromatic carbocycles.